The first-order valence-electron chi connectivity index (χ1n) is 7.62. The van der Waals surface area contributed by atoms with Crippen molar-refractivity contribution in [2.24, 2.45) is 16.6 Å². The molecule has 1 aliphatic rings. The van der Waals surface area contributed by atoms with Crippen LogP contribution in [0.15, 0.2) is 29.4 Å². The van der Waals surface area contributed by atoms with Crippen LogP contribution in [0.2, 0.25) is 0 Å². The zero-order valence-electron chi connectivity index (χ0n) is 13.4. The number of rotatable bonds is 4. The average molecular weight is 300 g/mol. The first kappa shape index (κ1) is 16.1. The summed E-state index contributed by atoms with van der Waals surface area (Å²) in [5, 5.41) is 6.33. The molecule has 0 bridgehead atoms. The van der Waals surface area contributed by atoms with Crippen LogP contribution in [0.4, 0.5) is 11.4 Å². The number of fused-ring (bicyclic) bond motifs is 1. The van der Waals surface area contributed by atoms with Gasteiger partial charge in [-0.3, -0.25) is 9.79 Å². The van der Waals surface area contributed by atoms with Gasteiger partial charge in [0.1, 0.15) is 0 Å². The Kier molecular flexibility index (Phi) is 5.20. The highest BCUT2D eigenvalue weighted by Gasteiger charge is 2.20. The van der Waals surface area contributed by atoms with E-state index < -0.39 is 0 Å². The molecule has 1 heterocycles. The largest absolute Gasteiger partial charge is 0.404 e. The zero-order valence-corrected chi connectivity index (χ0v) is 13.4. The van der Waals surface area contributed by atoms with Gasteiger partial charge < -0.3 is 16.4 Å². The molecule has 0 saturated heterocycles. The van der Waals surface area contributed by atoms with Gasteiger partial charge in [0.2, 0.25) is 5.91 Å². The van der Waals surface area contributed by atoms with Crippen molar-refractivity contribution in [3.8, 4) is 0 Å². The first-order valence-corrected chi connectivity index (χ1v) is 7.62. The Balaban J connectivity index is 2.37. The maximum Gasteiger partial charge on any atom is 0.226 e. The summed E-state index contributed by atoms with van der Waals surface area (Å²) >= 11 is 0. The smallest absolute Gasteiger partial charge is 0.226 e. The van der Waals surface area contributed by atoms with Crippen LogP contribution in [0.1, 0.15) is 32.8 Å². The minimum Gasteiger partial charge on any atom is -0.404 e. The summed E-state index contributed by atoms with van der Waals surface area (Å²) in [5.41, 5.74) is 9.25. The lowest BCUT2D eigenvalue weighted by Crippen LogP contribution is -2.19. The summed E-state index contributed by atoms with van der Waals surface area (Å²) in [6.45, 7) is 6.99. The number of hydrogen-bond acceptors (Lipinski definition) is 4. The van der Waals surface area contributed by atoms with Gasteiger partial charge in [-0.25, -0.2) is 0 Å². The van der Waals surface area contributed by atoms with Crippen LogP contribution in [0, 0.1) is 5.92 Å². The van der Waals surface area contributed by atoms with Crippen LogP contribution in [0.25, 0.3) is 5.57 Å². The maximum atomic E-state index is 11.8. The van der Waals surface area contributed by atoms with Crippen LogP contribution >= 0.6 is 0 Å². The van der Waals surface area contributed by atoms with Crippen molar-refractivity contribution in [1.29, 1.82) is 0 Å². The van der Waals surface area contributed by atoms with Crippen LogP contribution in [0.3, 0.4) is 0 Å². The van der Waals surface area contributed by atoms with Crippen molar-refractivity contribution in [1.82, 2.24) is 0 Å². The highest BCUT2D eigenvalue weighted by Crippen LogP contribution is 2.33. The Morgan fingerprint density at radius 3 is 2.95 bits per heavy atom. The van der Waals surface area contributed by atoms with E-state index in [2.05, 4.69) is 29.5 Å². The number of benzene rings is 1. The Morgan fingerprint density at radius 1 is 1.50 bits per heavy atom. The first-order chi connectivity index (χ1) is 10.5. The van der Waals surface area contributed by atoms with Gasteiger partial charge in [-0.05, 0) is 18.9 Å². The Bertz CT molecular complexity index is 605. The summed E-state index contributed by atoms with van der Waals surface area (Å²) in [7, 11) is 0. The molecular formula is C17H24N4O. The molecule has 0 aromatic heterocycles. The molecule has 0 aliphatic carbocycles. The summed E-state index contributed by atoms with van der Waals surface area (Å²) in [5.74, 6) is 0.517. The fourth-order valence-corrected chi connectivity index (χ4v) is 2.39. The minimum atomic E-state index is 0.0163. The van der Waals surface area contributed by atoms with E-state index in [0.29, 0.717) is 12.3 Å². The SMILES string of the molecule is CC(C)CN=CC(=CN)c1cccc2c1N[C@H](C)CC(=O)N2. The number of carbonyl (C=O) groups excluding carboxylic acids is 1. The number of nitrogens with one attached hydrogen (secondary N) is 2. The molecule has 1 aromatic carbocycles. The van der Waals surface area contributed by atoms with E-state index >= 15 is 0 Å². The number of para-hydroxylation sites is 1. The fraction of sp³-hybridized carbons (Fsp3) is 0.412. The monoisotopic (exact) mass is 300 g/mol. The third-order valence-electron chi connectivity index (χ3n) is 3.41. The number of nitrogens with zero attached hydrogens (tertiary/aromatic N) is 1. The van der Waals surface area contributed by atoms with E-state index in [1.165, 1.54) is 0 Å². The molecule has 0 unspecified atom stereocenters. The normalized spacial score (nSPS) is 18.8. The molecule has 22 heavy (non-hydrogen) atoms. The Labute approximate surface area is 131 Å². The van der Waals surface area contributed by atoms with Crippen LogP contribution in [-0.4, -0.2) is 24.7 Å². The fourth-order valence-electron chi connectivity index (χ4n) is 2.39. The molecule has 0 spiro atoms. The van der Waals surface area contributed by atoms with Crippen molar-refractivity contribution in [2.45, 2.75) is 33.2 Å². The molecule has 1 atom stereocenters. The molecule has 0 fully saturated rings. The molecule has 5 heteroatoms. The van der Waals surface area contributed by atoms with Gasteiger partial charge in [-0.1, -0.05) is 26.0 Å². The summed E-state index contributed by atoms with van der Waals surface area (Å²) in [6.07, 6.45) is 3.80. The second-order valence-electron chi connectivity index (χ2n) is 6.04. The van der Waals surface area contributed by atoms with E-state index in [-0.39, 0.29) is 11.9 Å². The highest BCUT2D eigenvalue weighted by molar-refractivity contribution is 6.13. The number of carbonyl (C=O) groups is 1. The minimum absolute atomic E-state index is 0.0163. The average Bonchev–Trinajstić information content (AvgIpc) is 2.59. The molecule has 1 aliphatic heterocycles. The zero-order chi connectivity index (χ0) is 16.1. The number of aliphatic imine (C=N–C) groups is 1. The number of hydrogen-bond donors (Lipinski definition) is 3. The summed E-state index contributed by atoms with van der Waals surface area (Å²) < 4.78 is 0. The number of anilines is 2. The second-order valence-corrected chi connectivity index (χ2v) is 6.04. The molecular weight excluding hydrogens is 276 g/mol. The van der Waals surface area contributed by atoms with Gasteiger partial charge in [0, 0.05) is 42.6 Å². The quantitative estimate of drug-likeness (QED) is 0.748. The van der Waals surface area contributed by atoms with Crippen molar-refractivity contribution >= 4 is 29.1 Å². The number of allylic oxidation sites excluding steroid dienone is 1. The summed E-state index contributed by atoms with van der Waals surface area (Å²) in [6, 6.07) is 5.84. The molecule has 2 rings (SSSR count). The van der Waals surface area contributed by atoms with Crippen LogP contribution in [0.5, 0.6) is 0 Å². The Hall–Kier alpha value is -2.30. The number of nitrogens with two attached hydrogens (primary N) is 1. The standard InChI is InChI=1S/C17H24N4O/c1-11(2)9-19-10-13(8-18)14-5-4-6-15-17(14)20-12(3)7-16(22)21-15/h4-6,8,10-12,20H,7,9,18H2,1-3H3,(H,21,22)/t12-/m1/s1. The lowest BCUT2D eigenvalue weighted by Gasteiger charge is -2.16. The van der Waals surface area contributed by atoms with Crippen LogP contribution < -0.4 is 16.4 Å². The van der Waals surface area contributed by atoms with E-state index in [4.69, 9.17) is 5.73 Å². The van der Waals surface area contributed by atoms with Crippen molar-refractivity contribution in [3.63, 3.8) is 0 Å². The van der Waals surface area contributed by atoms with Gasteiger partial charge in [-0.15, -0.1) is 0 Å². The molecule has 0 radical (unpaired) electrons. The van der Waals surface area contributed by atoms with Gasteiger partial charge in [0.05, 0.1) is 11.4 Å². The molecule has 1 amide bonds. The van der Waals surface area contributed by atoms with Crippen molar-refractivity contribution in [3.05, 3.63) is 30.0 Å². The molecule has 4 N–H and O–H groups in total. The molecule has 1 aromatic rings. The van der Waals surface area contributed by atoms with Gasteiger partial charge in [0.25, 0.3) is 0 Å². The lowest BCUT2D eigenvalue weighted by atomic mass is 10.0. The van der Waals surface area contributed by atoms with E-state index in [1.807, 2.05) is 25.1 Å². The number of amides is 1. The second kappa shape index (κ2) is 7.11. The van der Waals surface area contributed by atoms with E-state index in [0.717, 1.165) is 29.1 Å². The third-order valence-corrected chi connectivity index (χ3v) is 3.41. The molecule has 0 saturated carbocycles. The lowest BCUT2D eigenvalue weighted by molar-refractivity contribution is -0.116. The van der Waals surface area contributed by atoms with Crippen LogP contribution in [-0.2, 0) is 4.79 Å². The highest BCUT2D eigenvalue weighted by atomic mass is 16.1. The predicted octanol–water partition coefficient (Wildman–Crippen LogP) is 2.86. The topological polar surface area (TPSA) is 79.5 Å². The van der Waals surface area contributed by atoms with Gasteiger partial charge in [0.15, 0.2) is 0 Å². The maximum absolute atomic E-state index is 11.8. The third kappa shape index (κ3) is 3.87. The van der Waals surface area contributed by atoms with E-state index in [9.17, 15) is 4.79 Å². The predicted molar refractivity (Wildman–Crippen MR) is 93.1 cm³/mol. The van der Waals surface area contributed by atoms with Gasteiger partial charge in [-0.2, -0.15) is 0 Å². The van der Waals surface area contributed by atoms with E-state index in [1.54, 1.807) is 12.4 Å². The van der Waals surface area contributed by atoms with Gasteiger partial charge >= 0.3 is 0 Å². The Morgan fingerprint density at radius 2 is 2.27 bits per heavy atom. The summed E-state index contributed by atoms with van der Waals surface area (Å²) in [4.78, 5) is 16.3. The van der Waals surface area contributed by atoms with Crippen molar-refractivity contribution in [2.75, 3.05) is 17.2 Å². The molecule has 118 valence electrons. The van der Waals surface area contributed by atoms with Crippen molar-refractivity contribution < 1.29 is 4.79 Å². The molecule has 5 nitrogen and oxygen atoms in total.